The Hall–Kier alpha value is -4.08. The first kappa shape index (κ1) is 23.7. The van der Waals surface area contributed by atoms with Crippen molar-refractivity contribution in [2.45, 2.75) is 38.9 Å². The highest BCUT2D eigenvalue weighted by molar-refractivity contribution is 5.87. The van der Waals surface area contributed by atoms with Gasteiger partial charge in [0.15, 0.2) is 23.0 Å². The molecule has 0 radical (unpaired) electrons. The monoisotopic (exact) mass is 488 g/mol. The minimum absolute atomic E-state index is 0.105. The van der Waals surface area contributed by atoms with Crippen molar-refractivity contribution in [2.75, 3.05) is 36.0 Å². The molecule has 0 aliphatic carbocycles. The highest BCUT2D eigenvalue weighted by atomic mass is 16.5. The van der Waals surface area contributed by atoms with Crippen molar-refractivity contribution in [1.82, 2.24) is 20.4 Å². The molecular weight excluding hydrogens is 460 g/mol. The molecule has 2 aliphatic rings. The van der Waals surface area contributed by atoms with Crippen LogP contribution in [0, 0.1) is 0 Å². The summed E-state index contributed by atoms with van der Waals surface area (Å²) in [5.41, 5.74) is 1.97. The van der Waals surface area contributed by atoms with Crippen molar-refractivity contribution in [3.63, 3.8) is 0 Å². The lowest BCUT2D eigenvalue weighted by atomic mass is 10.1. The van der Waals surface area contributed by atoms with Crippen LogP contribution in [0.4, 0.5) is 11.6 Å². The normalized spacial score (nSPS) is 15.2. The van der Waals surface area contributed by atoms with Crippen LogP contribution in [0.15, 0.2) is 48.5 Å². The van der Waals surface area contributed by atoms with Crippen molar-refractivity contribution < 1.29 is 19.1 Å². The number of carbonyl (C=O) groups is 2. The summed E-state index contributed by atoms with van der Waals surface area (Å²) in [6, 6.07) is 14.2. The summed E-state index contributed by atoms with van der Waals surface area (Å²) in [7, 11) is 0. The van der Waals surface area contributed by atoms with Crippen molar-refractivity contribution in [1.29, 1.82) is 0 Å². The Morgan fingerprint density at radius 3 is 1.31 bits per heavy atom. The first-order valence-corrected chi connectivity index (χ1v) is 12.3. The maximum absolute atomic E-state index is 12.3. The van der Waals surface area contributed by atoms with Gasteiger partial charge in [-0.15, -0.1) is 20.4 Å². The van der Waals surface area contributed by atoms with Crippen LogP contribution in [0.3, 0.4) is 0 Å². The van der Waals surface area contributed by atoms with E-state index in [1.54, 1.807) is 24.3 Å². The number of aromatic nitrogens is 4. The van der Waals surface area contributed by atoms with Crippen LogP contribution in [0.5, 0.6) is 0 Å². The average Bonchev–Trinajstić information content (AvgIpc) is 3.66. The topological polar surface area (TPSA) is 111 Å². The number of carbonyl (C=O) groups excluding carboxylic acids is 2. The summed E-state index contributed by atoms with van der Waals surface area (Å²) in [5, 5.41) is 16.3. The van der Waals surface area contributed by atoms with Crippen molar-refractivity contribution in [3.8, 4) is 0 Å². The number of anilines is 2. The van der Waals surface area contributed by atoms with Gasteiger partial charge < -0.3 is 19.3 Å². The van der Waals surface area contributed by atoms with Crippen LogP contribution < -0.4 is 9.80 Å². The molecule has 36 heavy (non-hydrogen) atoms. The van der Waals surface area contributed by atoms with Crippen LogP contribution in [-0.2, 0) is 22.7 Å². The fraction of sp³-hybridized carbons (Fsp3) is 0.385. The number of nitrogens with zero attached hydrogens (tertiary/aromatic N) is 6. The molecule has 10 heteroatoms. The second kappa shape index (κ2) is 11.1. The van der Waals surface area contributed by atoms with Gasteiger partial charge in [-0.1, -0.05) is 24.3 Å². The van der Waals surface area contributed by atoms with Crippen molar-refractivity contribution in [2.24, 2.45) is 0 Å². The van der Waals surface area contributed by atoms with Crippen molar-refractivity contribution >= 4 is 23.6 Å². The number of ether oxygens (including phenoxy) is 2. The molecule has 0 atom stereocenters. The summed E-state index contributed by atoms with van der Waals surface area (Å²) >= 11 is 0. The number of esters is 2. The largest absolute Gasteiger partial charge is 0.456 e. The second-order valence-electron chi connectivity index (χ2n) is 8.91. The predicted molar refractivity (Wildman–Crippen MR) is 132 cm³/mol. The summed E-state index contributed by atoms with van der Waals surface area (Å²) in [6.07, 6.45) is 4.59. The Labute approximate surface area is 209 Å². The smallest absolute Gasteiger partial charge is 0.359 e. The summed E-state index contributed by atoms with van der Waals surface area (Å²) in [5.74, 6) is 0.522. The first-order valence-electron chi connectivity index (χ1n) is 12.3. The van der Waals surface area contributed by atoms with E-state index in [2.05, 4.69) is 30.2 Å². The quantitative estimate of drug-likeness (QED) is 0.438. The van der Waals surface area contributed by atoms with Gasteiger partial charge in [-0.2, -0.15) is 0 Å². The molecule has 1 aromatic carbocycles. The Morgan fingerprint density at radius 1 is 0.583 bits per heavy atom. The van der Waals surface area contributed by atoms with Gasteiger partial charge in [-0.05, 0) is 61.1 Å². The molecule has 2 aliphatic heterocycles. The number of rotatable bonds is 8. The van der Waals surface area contributed by atoms with Gasteiger partial charge in [0.1, 0.15) is 13.2 Å². The van der Waals surface area contributed by atoms with Gasteiger partial charge in [0, 0.05) is 26.2 Å². The Morgan fingerprint density at radius 2 is 0.972 bits per heavy atom. The van der Waals surface area contributed by atoms with Crippen LogP contribution >= 0.6 is 0 Å². The van der Waals surface area contributed by atoms with E-state index in [-0.39, 0.29) is 24.6 Å². The standard InChI is InChI=1S/C26H28N6O4/c33-25(21-9-11-23(29-27-21)31-13-1-2-14-31)35-17-19-5-7-20(8-6-19)18-36-26(34)22-10-12-24(30-28-22)32-15-3-4-16-32/h5-12H,1-4,13-18H2. The number of hydrogen-bond donors (Lipinski definition) is 0. The molecule has 0 spiro atoms. The lowest BCUT2D eigenvalue weighted by Crippen LogP contribution is -2.20. The predicted octanol–water partition coefficient (Wildman–Crippen LogP) is 3.18. The molecule has 2 aromatic heterocycles. The zero-order chi connectivity index (χ0) is 24.7. The molecular formula is C26H28N6O4. The molecule has 0 N–H and O–H groups in total. The molecule has 0 unspecified atom stereocenters. The van der Waals surface area contributed by atoms with Crippen LogP contribution in [-0.4, -0.2) is 58.5 Å². The highest BCUT2D eigenvalue weighted by Crippen LogP contribution is 2.18. The first-order chi connectivity index (χ1) is 17.7. The van der Waals surface area contributed by atoms with E-state index < -0.39 is 11.9 Å². The van der Waals surface area contributed by atoms with E-state index in [9.17, 15) is 9.59 Å². The summed E-state index contributed by atoms with van der Waals surface area (Å²) < 4.78 is 10.7. The second-order valence-corrected chi connectivity index (χ2v) is 8.91. The maximum Gasteiger partial charge on any atom is 0.359 e. The average molecular weight is 489 g/mol. The lowest BCUT2D eigenvalue weighted by molar-refractivity contribution is 0.0452. The molecule has 3 aromatic rings. The minimum Gasteiger partial charge on any atom is -0.456 e. The lowest BCUT2D eigenvalue weighted by Gasteiger charge is -2.15. The third-order valence-corrected chi connectivity index (χ3v) is 6.34. The Balaban J connectivity index is 1.07. The van der Waals surface area contributed by atoms with Gasteiger partial charge in [0.05, 0.1) is 0 Å². The summed E-state index contributed by atoms with van der Waals surface area (Å²) in [6.45, 7) is 4.07. The van der Waals surface area contributed by atoms with Crippen LogP contribution in [0.1, 0.15) is 57.8 Å². The molecule has 186 valence electrons. The molecule has 10 nitrogen and oxygen atoms in total. The van der Waals surface area contributed by atoms with E-state index in [0.717, 1.165) is 74.6 Å². The molecule has 2 saturated heterocycles. The summed E-state index contributed by atoms with van der Waals surface area (Å²) in [4.78, 5) is 28.9. The zero-order valence-corrected chi connectivity index (χ0v) is 20.0. The van der Waals surface area contributed by atoms with E-state index in [1.807, 2.05) is 24.3 Å². The van der Waals surface area contributed by atoms with Gasteiger partial charge >= 0.3 is 11.9 Å². The van der Waals surface area contributed by atoms with Gasteiger partial charge in [-0.3, -0.25) is 0 Å². The molecule has 4 heterocycles. The maximum atomic E-state index is 12.3. The van der Waals surface area contributed by atoms with E-state index >= 15 is 0 Å². The Kier molecular flexibility index (Phi) is 7.30. The minimum atomic E-state index is -0.523. The zero-order valence-electron chi connectivity index (χ0n) is 20.0. The highest BCUT2D eigenvalue weighted by Gasteiger charge is 2.17. The van der Waals surface area contributed by atoms with Gasteiger partial charge in [0.2, 0.25) is 0 Å². The van der Waals surface area contributed by atoms with Crippen LogP contribution in [0.25, 0.3) is 0 Å². The number of hydrogen-bond acceptors (Lipinski definition) is 10. The van der Waals surface area contributed by atoms with Crippen molar-refractivity contribution in [3.05, 3.63) is 71.0 Å². The molecule has 0 bridgehead atoms. The SMILES string of the molecule is O=C(OCc1ccc(COC(=O)c2ccc(N3CCCC3)nn2)cc1)c1ccc(N2CCCC2)nn1. The molecule has 0 amide bonds. The van der Waals surface area contributed by atoms with E-state index in [1.165, 1.54) is 0 Å². The van der Waals surface area contributed by atoms with Gasteiger partial charge in [0.25, 0.3) is 0 Å². The molecule has 5 rings (SSSR count). The molecule has 0 saturated carbocycles. The third-order valence-electron chi connectivity index (χ3n) is 6.34. The Bertz CT molecular complexity index is 1080. The molecule has 2 fully saturated rings. The van der Waals surface area contributed by atoms with E-state index in [4.69, 9.17) is 9.47 Å². The van der Waals surface area contributed by atoms with Crippen LogP contribution in [0.2, 0.25) is 0 Å². The van der Waals surface area contributed by atoms with Gasteiger partial charge in [-0.25, -0.2) is 9.59 Å². The fourth-order valence-electron chi connectivity index (χ4n) is 4.28. The van der Waals surface area contributed by atoms with E-state index in [0.29, 0.717) is 0 Å². The number of benzene rings is 1. The fourth-order valence-corrected chi connectivity index (χ4v) is 4.28. The third kappa shape index (κ3) is 5.76.